The number of hydrogen-bond acceptors (Lipinski definition) is 4. The van der Waals surface area contributed by atoms with Crippen LogP contribution in [0, 0.1) is 0 Å². The standard InChI is InChI=1S/C8H14N2O5/c11-3-1-9-7(12)6-5-15-4-2-10(6)8(13)14/h6,11H,1-5H2,(H,9,12)(H,13,14). The number of morpholine rings is 1. The van der Waals surface area contributed by atoms with Crippen molar-refractivity contribution < 1.29 is 24.5 Å². The molecule has 1 atom stereocenters. The first-order valence-electron chi connectivity index (χ1n) is 4.62. The van der Waals surface area contributed by atoms with Crippen molar-refractivity contribution in [2.75, 3.05) is 32.9 Å². The Bertz CT molecular complexity index is 245. The summed E-state index contributed by atoms with van der Waals surface area (Å²) in [4.78, 5) is 23.3. The maximum absolute atomic E-state index is 11.5. The molecule has 0 saturated carbocycles. The Balaban J connectivity index is 2.55. The van der Waals surface area contributed by atoms with E-state index in [-0.39, 0.29) is 26.3 Å². The van der Waals surface area contributed by atoms with Crippen molar-refractivity contribution in [3.8, 4) is 0 Å². The van der Waals surface area contributed by atoms with Crippen LogP contribution in [0.1, 0.15) is 0 Å². The summed E-state index contributed by atoms with van der Waals surface area (Å²) in [6.07, 6.45) is -1.14. The molecular weight excluding hydrogens is 204 g/mol. The van der Waals surface area contributed by atoms with Crippen molar-refractivity contribution in [3.05, 3.63) is 0 Å². The van der Waals surface area contributed by atoms with Gasteiger partial charge in [0.25, 0.3) is 0 Å². The summed E-state index contributed by atoms with van der Waals surface area (Å²) < 4.78 is 5.04. The quantitative estimate of drug-likeness (QED) is 0.534. The third kappa shape index (κ3) is 3.07. The van der Waals surface area contributed by atoms with E-state index < -0.39 is 18.0 Å². The van der Waals surface area contributed by atoms with Crippen LogP contribution in [0.5, 0.6) is 0 Å². The van der Waals surface area contributed by atoms with Crippen LogP contribution in [-0.2, 0) is 9.53 Å². The lowest BCUT2D eigenvalue weighted by molar-refractivity contribution is -0.131. The molecule has 0 aromatic heterocycles. The fraction of sp³-hybridized carbons (Fsp3) is 0.750. The number of nitrogens with zero attached hydrogens (tertiary/aromatic N) is 1. The average molecular weight is 218 g/mol. The first-order chi connectivity index (χ1) is 7.16. The van der Waals surface area contributed by atoms with Crippen LogP contribution in [0.25, 0.3) is 0 Å². The predicted molar refractivity (Wildman–Crippen MR) is 49.4 cm³/mol. The fourth-order valence-corrected chi connectivity index (χ4v) is 1.35. The molecule has 86 valence electrons. The molecular formula is C8H14N2O5. The molecule has 1 unspecified atom stereocenters. The molecule has 1 aliphatic rings. The Kier molecular flexibility index (Phi) is 4.32. The monoisotopic (exact) mass is 218 g/mol. The third-order valence-corrected chi connectivity index (χ3v) is 2.09. The van der Waals surface area contributed by atoms with E-state index in [4.69, 9.17) is 14.9 Å². The molecule has 1 heterocycles. The molecule has 0 radical (unpaired) electrons. The van der Waals surface area contributed by atoms with Gasteiger partial charge in [0.2, 0.25) is 5.91 Å². The van der Waals surface area contributed by atoms with E-state index in [9.17, 15) is 9.59 Å². The smallest absolute Gasteiger partial charge is 0.408 e. The van der Waals surface area contributed by atoms with E-state index in [1.54, 1.807) is 0 Å². The van der Waals surface area contributed by atoms with E-state index in [1.165, 1.54) is 0 Å². The van der Waals surface area contributed by atoms with E-state index >= 15 is 0 Å². The third-order valence-electron chi connectivity index (χ3n) is 2.09. The highest BCUT2D eigenvalue weighted by molar-refractivity contribution is 5.85. The Morgan fingerprint density at radius 3 is 2.87 bits per heavy atom. The SMILES string of the molecule is O=C(NCCO)C1COCCN1C(=O)O. The first kappa shape index (κ1) is 11.7. The molecule has 1 fully saturated rings. The normalized spacial score (nSPS) is 21.1. The lowest BCUT2D eigenvalue weighted by Crippen LogP contribution is -2.55. The number of amides is 2. The highest BCUT2D eigenvalue weighted by atomic mass is 16.5. The fourth-order valence-electron chi connectivity index (χ4n) is 1.35. The number of hydrogen-bond donors (Lipinski definition) is 3. The van der Waals surface area contributed by atoms with Gasteiger partial charge in [0, 0.05) is 13.1 Å². The molecule has 3 N–H and O–H groups in total. The van der Waals surface area contributed by atoms with Crippen LogP contribution in [0.15, 0.2) is 0 Å². The van der Waals surface area contributed by atoms with Crippen LogP contribution in [0.4, 0.5) is 4.79 Å². The number of nitrogens with one attached hydrogen (secondary N) is 1. The molecule has 7 heteroatoms. The molecule has 0 spiro atoms. The van der Waals surface area contributed by atoms with E-state index in [0.29, 0.717) is 6.61 Å². The largest absolute Gasteiger partial charge is 0.465 e. The lowest BCUT2D eigenvalue weighted by Gasteiger charge is -2.32. The molecule has 0 aliphatic carbocycles. The number of rotatable bonds is 3. The molecule has 2 amide bonds. The highest BCUT2D eigenvalue weighted by Gasteiger charge is 2.32. The maximum atomic E-state index is 11.5. The molecule has 0 aromatic rings. The van der Waals surface area contributed by atoms with Crippen LogP contribution >= 0.6 is 0 Å². The van der Waals surface area contributed by atoms with Crippen LogP contribution < -0.4 is 5.32 Å². The average Bonchev–Trinajstić information content (AvgIpc) is 2.25. The summed E-state index contributed by atoms with van der Waals surface area (Å²) in [5.74, 6) is -0.439. The van der Waals surface area contributed by atoms with E-state index in [2.05, 4.69) is 5.32 Å². The van der Waals surface area contributed by atoms with Crippen molar-refractivity contribution in [2.45, 2.75) is 6.04 Å². The van der Waals surface area contributed by atoms with Gasteiger partial charge in [0.15, 0.2) is 0 Å². The molecule has 1 rings (SSSR count). The Morgan fingerprint density at radius 1 is 1.53 bits per heavy atom. The summed E-state index contributed by atoms with van der Waals surface area (Å²) in [7, 11) is 0. The van der Waals surface area contributed by atoms with Gasteiger partial charge in [-0.1, -0.05) is 0 Å². The minimum absolute atomic E-state index is 0.0591. The van der Waals surface area contributed by atoms with E-state index in [1.807, 2.05) is 0 Å². The molecule has 15 heavy (non-hydrogen) atoms. The van der Waals surface area contributed by atoms with Gasteiger partial charge >= 0.3 is 6.09 Å². The summed E-state index contributed by atoms with van der Waals surface area (Å²) in [5.41, 5.74) is 0. The Labute approximate surface area is 86.6 Å². The second kappa shape index (κ2) is 5.52. The first-order valence-corrected chi connectivity index (χ1v) is 4.62. The maximum Gasteiger partial charge on any atom is 0.408 e. The summed E-state index contributed by atoms with van der Waals surface area (Å²) in [5, 5.41) is 19.7. The summed E-state index contributed by atoms with van der Waals surface area (Å²) in [6.45, 7) is 0.487. The number of aliphatic hydroxyl groups is 1. The van der Waals surface area contributed by atoms with Crippen molar-refractivity contribution >= 4 is 12.0 Å². The van der Waals surface area contributed by atoms with Crippen LogP contribution in [0.3, 0.4) is 0 Å². The number of carbonyl (C=O) groups excluding carboxylic acids is 1. The van der Waals surface area contributed by atoms with Gasteiger partial charge in [-0.05, 0) is 0 Å². The van der Waals surface area contributed by atoms with Crippen molar-refractivity contribution in [2.24, 2.45) is 0 Å². The molecule has 0 aromatic carbocycles. The Morgan fingerprint density at radius 2 is 2.27 bits per heavy atom. The zero-order valence-corrected chi connectivity index (χ0v) is 8.18. The lowest BCUT2D eigenvalue weighted by atomic mass is 10.2. The zero-order chi connectivity index (χ0) is 11.3. The Hall–Kier alpha value is -1.34. The van der Waals surface area contributed by atoms with Gasteiger partial charge in [-0.25, -0.2) is 4.79 Å². The minimum atomic E-state index is -1.14. The van der Waals surface area contributed by atoms with Gasteiger partial charge < -0.3 is 20.3 Å². The van der Waals surface area contributed by atoms with Crippen molar-refractivity contribution in [3.63, 3.8) is 0 Å². The summed E-state index contributed by atoms with van der Waals surface area (Å²) >= 11 is 0. The van der Waals surface area contributed by atoms with Crippen LogP contribution in [-0.4, -0.2) is 66.1 Å². The van der Waals surface area contributed by atoms with Gasteiger partial charge in [0.05, 0.1) is 19.8 Å². The van der Waals surface area contributed by atoms with Crippen molar-refractivity contribution in [1.29, 1.82) is 0 Å². The van der Waals surface area contributed by atoms with Gasteiger partial charge in [-0.2, -0.15) is 0 Å². The number of carbonyl (C=O) groups is 2. The zero-order valence-electron chi connectivity index (χ0n) is 8.18. The number of aliphatic hydroxyl groups excluding tert-OH is 1. The number of carboxylic acid groups (broad SMARTS) is 1. The van der Waals surface area contributed by atoms with E-state index in [0.717, 1.165) is 4.90 Å². The molecule has 1 saturated heterocycles. The topological polar surface area (TPSA) is 99.1 Å². The van der Waals surface area contributed by atoms with Crippen LogP contribution in [0.2, 0.25) is 0 Å². The second-order valence-electron chi connectivity index (χ2n) is 3.08. The second-order valence-corrected chi connectivity index (χ2v) is 3.08. The summed E-state index contributed by atoms with van der Waals surface area (Å²) in [6, 6.07) is -0.817. The molecule has 0 bridgehead atoms. The molecule has 1 aliphatic heterocycles. The van der Waals surface area contributed by atoms with Gasteiger partial charge in [0.1, 0.15) is 6.04 Å². The van der Waals surface area contributed by atoms with Crippen molar-refractivity contribution in [1.82, 2.24) is 10.2 Å². The minimum Gasteiger partial charge on any atom is -0.465 e. The number of ether oxygens (including phenoxy) is 1. The van der Waals surface area contributed by atoms with Gasteiger partial charge in [-0.15, -0.1) is 0 Å². The predicted octanol–water partition coefficient (Wildman–Crippen LogP) is -1.53. The van der Waals surface area contributed by atoms with Gasteiger partial charge in [-0.3, -0.25) is 9.69 Å². The molecule has 7 nitrogen and oxygen atoms in total. The highest BCUT2D eigenvalue weighted by Crippen LogP contribution is 2.07.